The molecule has 0 spiro atoms. The Morgan fingerprint density at radius 1 is 1.05 bits per heavy atom. The van der Waals surface area contributed by atoms with Crippen LogP contribution < -0.4 is 10.6 Å². The number of nitrogens with zero attached hydrogens (tertiary/aromatic N) is 2. The zero-order chi connectivity index (χ0) is 15.1. The van der Waals surface area contributed by atoms with Crippen LogP contribution in [0.15, 0.2) is 30.3 Å². The summed E-state index contributed by atoms with van der Waals surface area (Å²) < 4.78 is 0. The molecular formula is C15H23ClN4O2. The molecule has 22 heavy (non-hydrogen) atoms. The van der Waals surface area contributed by atoms with Crippen LogP contribution in [0.25, 0.3) is 0 Å². The number of para-hydroxylation sites is 1. The number of benzene rings is 1. The third kappa shape index (κ3) is 5.11. The number of halogens is 1. The fraction of sp³-hybridized carbons (Fsp3) is 0.467. The molecule has 1 aromatic rings. The summed E-state index contributed by atoms with van der Waals surface area (Å²) >= 11 is 0. The van der Waals surface area contributed by atoms with Gasteiger partial charge in [-0.25, -0.2) is 4.79 Å². The van der Waals surface area contributed by atoms with Crippen molar-refractivity contribution in [3.8, 4) is 0 Å². The number of piperazine rings is 1. The first-order valence-electron chi connectivity index (χ1n) is 7.30. The van der Waals surface area contributed by atoms with Crippen LogP contribution in [0.2, 0.25) is 0 Å². The lowest BCUT2D eigenvalue weighted by atomic mass is 10.3. The molecule has 1 saturated heterocycles. The summed E-state index contributed by atoms with van der Waals surface area (Å²) in [5.74, 6) is 0.0643. The zero-order valence-electron chi connectivity index (χ0n) is 12.7. The van der Waals surface area contributed by atoms with Crippen LogP contribution in [-0.2, 0) is 4.79 Å². The Morgan fingerprint density at radius 2 is 1.64 bits per heavy atom. The Bertz CT molecular complexity index is 476. The van der Waals surface area contributed by atoms with Crippen molar-refractivity contribution in [2.45, 2.75) is 6.92 Å². The van der Waals surface area contributed by atoms with Gasteiger partial charge in [0.25, 0.3) is 0 Å². The molecule has 7 heteroatoms. The summed E-state index contributed by atoms with van der Waals surface area (Å²) in [6.45, 7) is 5.15. The summed E-state index contributed by atoms with van der Waals surface area (Å²) in [5, 5.41) is 5.89. The number of anilines is 1. The molecule has 1 aliphatic heterocycles. The van der Waals surface area contributed by atoms with Crippen LogP contribution in [-0.4, -0.2) is 61.0 Å². The fourth-order valence-corrected chi connectivity index (χ4v) is 2.27. The second-order valence-electron chi connectivity index (χ2n) is 4.92. The summed E-state index contributed by atoms with van der Waals surface area (Å²) in [7, 11) is 0. The van der Waals surface area contributed by atoms with Crippen LogP contribution in [0.3, 0.4) is 0 Å². The lowest BCUT2D eigenvalue weighted by Crippen LogP contribution is -2.54. The molecule has 122 valence electrons. The van der Waals surface area contributed by atoms with E-state index in [0.29, 0.717) is 32.7 Å². The maximum Gasteiger partial charge on any atom is 0.317 e. The number of nitrogens with one attached hydrogen (secondary N) is 2. The van der Waals surface area contributed by atoms with E-state index in [4.69, 9.17) is 0 Å². The van der Waals surface area contributed by atoms with Crippen molar-refractivity contribution in [2.24, 2.45) is 0 Å². The minimum absolute atomic E-state index is 0. The van der Waals surface area contributed by atoms with Crippen molar-refractivity contribution < 1.29 is 9.59 Å². The van der Waals surface area contributed by atoms with Gasteiger partial charge < -0.3 is 20.4 Å². The Kier molecular flexibility index (Phi) is 7.52. The second-order valence-corrected chi connectivity index (χ2v) is 4.92. The second kappa shape index (κ2) is 9.15. The van der Waals surface area contributed by atoms with Crippen molar-refractivity contribution in [1.29, 1.82) is 0 Å². The van der Waals surface area contributed by atoms with Crippen molar-refractivity contribution in [3.05, 3.63) is 30.3 Å². The van der Waals surface area contributed by atoms with Crippen molar-refractivity contribution >= 4 is 30.0 Å². The summed E-state index contributed by atoms with van der Waals surface area (Å²) in [6.07, 6.45) is 0. The Balaban J connectivity index is 0.00000242. The highest BCUT2D eigenvalue weighted by molar-refractivity contribution is 5.85. The van der Waals surface area contributed by atoms with Crippen molar-refractivity contribution in [1.82, 2.24) is 15.1 Å². The number of urea groups is 1. The first-order chi connectivity index (χ1) is 10.2. The van der Waals surface area contributed by atoms with Crippen LogP contribution in [0, 0.1) is 0 Å². The first kappa shape index (κ1) is 18.1. The normalized spacial score (nSPS) is 14.0. The average molecular weight is 327 g/mol. The van der Waals surface area contributed by atoms with Gasteiger partial charge in [0.2, 0.25) is 5.91 Å². The third-order valence-corrected chi connectivity index (χ3v) is 3.47. The molecule has 3 amide bonds. The number of hydrogen-bond acceptors (Lipinski definition) is 3. The van der Waals surface area contributed by atoms with Gasteiger partial charge in [0.05, 0.1) is 6.54 Å². The number of carbonyl (C=O) groups is 2. The quantitative estimate of drug-likeness (QED) is 0.879. The van der Waals surface area contributed by atoms with Crippen LogP contribution in [0.1, 0.15) is 6.92 Å². The fourth-order valence-electron chi connectivity index (χ4n) is 2.27. The molecule has 2 rings (SSSR count). The molecule has 6 nitrogen and oxygen atoms in total. The SMILES string of the molecule is CCNC(=O)N1CCN(C(=O)CNc2ccccc2)CC1.Cl. The topological polar surface area (TPSA) is 64.7 Å². The third-order valence-electron chi connectivity index (χ3n) is 3.47. The molecule has 0 aliphatic carbocycles. The van der Waals surface area contributed by atoms with E-state index in [-0.39, 0.29) is 30.9 Å². The minimum atomic E-state index is -0.0491. The van der Waals surface area contributed by atoms with E-state index >= 15 is 0 Å². The van der Waals surface area contributed by atoms with E-state index in [2.05, 4.69) is 10.6 Å². The predicted molar refractivity (Wildman–Crippen MR) is 89.4 cm³/mol. The molecule has 1 aliphatic rings. The van der Waals surface area contributed by atoms with Crippen molar-refractivity contribution in [3.63, 3.8) is 0 Å². The highest BCUT2D eigenvalue weighted by atomic mass is 35.5. The minimum Gasteiger partial charge on any atom is -0.376 e. The van der Waals surface area contributed by atoms with Gasteiger partial charge in [-0.1, -0.05) is 18.2 Å². The molecule has 0 atom stereocenters. The number of carbonyl (C=O) groups excluding carboxylic acids is 2. The smallest absolute Gasteiger partial charge is 0.317 e. The van der Waals surface area contributed by atoms with Crippen LogP contribution in [0.5, 0.6) is 0 Å². The molecular weight excluding hydrogens is 304 g/mol. The highest BCUT2D eigenvalue weighted by Gasteiger charge is 2.23. The maximum absolute atomic E-state index is 12.1. The number of hydrogen-bond donors (Lipinski definition) is 2. The van der Waals surface area contributed by atoms with Crippen LogP contribution in [0.4, 0.5) is 10.5 Å². The predicted octanol–water partition coefficient (Wildman–Crippen LogP) is 1.39. The van der Waals surface area contributed by atoms with E-state index in [1.54, 1.807) is 9.80 Å². The van der Waals surface area contributed by atoms with E-state index in [9.17, 15) is 9.59 Å². The summed E-state index contributed by atoms with van der Waals surface area (Å²) in [6, 6.07) is 9.61. The van der Waals surface area contributed by atoms with Crippen LogP contribution >= 0.6 is 12.4 Å². The average Bonchev–Trinajstić information content (AvgIpc) is 2.54. The molecule has 0 bridgehead atoms. The van der Waals surface area contributed by atoms with Gasteiger partial charge in [-0.05, 0) is 19.1 Å². The van der Waals surface area contributed by atoms with Gasteiger partial charge in [-0.2, -0.15) is 0 Å². The van der Waals surface area contributed by atoms with Gasteiger partial charge >= 0.3 is 6.03 Å². The largest absolute Gasteiger partial charge is 0.376 e. The molecule has 1 fully saturated rings. The van der Waals surface area contributed by atoms with Gasteiger partial charge in [0.1, 0.15) is 0 Å². The van der Waals surface area contributed by atoms with E-state index < -0.39 is 0 Å². The van der Waals surface area contributed by atoms with E-state index in [1.807, 2.05) is 37.3 Å². The molecule has 2 N–H and O–H groups in total. The van der Waals surface area contributed by atoms with Crippen molar-refractivity contribution in [2.75, 3.05) is 44.6 Å². The Morgan fingerprint density at radius 3 is 2.23 bits per heavy atom. The van der Waals surface area contributed by atoms with E-state index in [0.717, 1.165) is 5.69 Å². The maximum atomic E-state index is 12.1. The zero-order valence-corrected chi connectivity index (χ0v) is 13.6. The summed E-state index contributed by atoms with van der Waals surface area (Å²) in [5.41, 5.74) is 0.937. The lowest BCUT2D eigenvalue weighted by molar-refractivity contribution is -0.130. The number of amides is 3. The molecule has 0 saturated carbocycles. The number of rotatable bonds is 4. The Hall–Kier alpha value is -1.95. The van der Waals surface area contributed by atoms with Gasteiger partial charge in [-0.3, -0.25) is 4.79 Å². The molecule has 0 radical (unpaired) electrons. The van der Waals surface area contributed by atoms with E-state index in [1.165, 1.54) is 0 Å². The van der Waals surface area contributed by atoms with Gasteiger partial charge in [0, 0.05) is 38.4 Å². The first-order valence-corrected chi connectivity index (χ1v) is 7.30. The molecule has 1 aromatic carbocycles. The monoisotopic (exact) mass is 326 g/mol. The van der Waals surface area contributed by atoms with Gasteiger partial charge in [0.15, 0.2) is 0 Å². The molecule has 0 unspecified atom stereocenters. The lowest BCUT2D eigenvalue weighted by Gasteiger charge is -2.34. The van der Waals surface area contributed by atoms with Gasteiger partial charge in [-0.15, -0.1) is 12.4 Å². The highest BCUT2D eigenvalue weighted by Crippen LogP contribution is 2.06. The standard InChI is InChI=1S/C15H22N4O2.ClH/c1-2-16-15(21)19-10-8-18(9-11-19)14(20)12-17-13-6-4-3-5-7-13;/h3-7,17H,2,8-12H2,1H3,(H,16,21);1H. The Labute approximate surface area is 137 Å². The molecule has 1 heterocycles. The molecule has 0 aromatic heterocycles. The summed E-state index contributed by atoms with van der Waals surface area (Å²) in [4.78, 5) is 27.3.